The zero-order valence-corrected chi connectivity index (χ0v) is 22.1. The second kappa shape index (κ2) is 10.0. The molecule has 1 aromatic carbocycles. The van der Waals surface area contributed by atoms with E-state index in [4.69, 9.17) is 21.3 Å². The molecule has 0 unspecified atom stereocenters. The molecule has 2 heterocycles. The van der Waals surface area contributed by atoms with Crippen molar-refractivity contribution in [2.45, 2.75) is 51.0 Å². The first-order valence-corrected chi connectivity index (χ1v) is 14.1. The fourth-order valence-electron chi connectivity index (χ4n) is 5.33. The average molecular weight is 514 g/mol. The first kappa shape index (κ1) is 24.4. The van der Waals surface area contributed by atoms with Gasteiger partial charge in [-0.3, -0.25) is 9.59 Å². The van der Waals surface area contributed by atoms with Gasteiger partial charge in [-0.25, -0.2) is 4.98 Å². The third-order valence-electron chi connectivity index (χ3n) is 7.20. The van der Waals surface area contributed by atoms with E-state index in [1.807, 2.05) is 23.0 Å². The minimum atomic E-state index is -0.365. The fourth-order valence-corrected chi connectivity index (χ4v) is 6.39. The van der Waals surface area contributed by atoms with Gasteiger partial charge in [0.1, 0.15) is 18.0 Å². The molecule has 2 saturated carbocycles. The number of pyridine rings is 2. The first-order valence-electron chi connectivity index (χ1n) is 12.5. The van der Waals surface area contributed by atoms with Crippen LogP contribution in [0.15, 0.2) is 34.0 Å². The molecule has 0 amide bonds. The lowest BCUT2D eigenvalue weighted by Crippen LogP contribution is -2.37. The van der Waals surface area contributed by atoms with E-state index in [1.54, 1.807) is 19.1 Å². The molecule has 8 heteroatoms. The number of halogens is 1. The van der Waals surface area contributed by atoms with Crippen LogP contribution >= 0.6 is 23.4 Å². The monoisotopic (exact) mass is 513 g/mol. The number of nitrogens with zero attached hydrogens (tertiary/aromatic N) is 3. The lowest BCUT2D eigenvalue weighted by molar-refractivity contribution is -0.143. The second-order valence-corrected chi connectivity index (χ2v) is 11.3. The van der Waals surface area contributed by atoms with Crippen molar-refractivity contribution >= 4 is 57.1 Å². The summed E-state index contributed by atoms with van der Waals surface area (Å²) in [6.07, 6.45) is 6.95. The predicted molar refractivity (Wildman–Crippen MR) is 144 cm³/mol. The van der Waals surface area contributed by atoms with Gasteiger partial charge in [0.2, 0.25) is 0 Å². The van der Waals surface area contributed by atoms with Crippen LogP contribution in [-0.2, 0) is 16.1 Å². The van der Waals surface area contributed by atoms with Crippen LogP contribution in [0.2, 0.25) is 5.02 Å². The molecule has 0 radical (unpaired) electrons. The van der Waals surface area contributed by atoms with E-state index < -0.39 is 0 Å². The molecule has 2 aliphatic carbocycles. The lowest BCUT2D eigenvalue weighted by atomic mass is 9.76. The standard InChI is InChI=1S/C27H32ClN3O3S/c1-4-34-23(32)15-31-24-19(7-9-21(28)26(24)35-3)25(33)20-8-10-22(29-27(20)31)30(13-17-5-6-17)14-18-11-16(2)12-18/h7-10,16-18H,4-6,11-15H2,1-3H3. The van der Waals surface area contributed by atoms with Crippen molar-refractivity contribution in [3.8, 4) is 0 Å². The molecular weight excluding hydrogens is 482 g/mol. The molecule has 0 bridgehead atoms. The minimum Gasteiger partial charge on any atom is -0.465 e. The van der Waals surface area contributed by atoms with Crippen molar-refractivity contribution in [1.29, 1.82) is 0 Å². The number of hydrogen-bond donors (Lipinski definition) is 0. The summed E-state index contributed by atoms with van der Waals surface area (Å²) in [4.78, 5) is 34.4. The van der Waals surface area contributed by atoms with Crippen LogP contribution in [0.5, 0.6) is 0 Å². The highest BCUT2D eigenvalue weighted by atomic mass is 35.5. The van der Waals surface area contributed by atoms with Crippen molar-refractivity contribution < 1.29 is 9.53 Å². The Labute approximate surface area is 215 Å². The lowest BCUT2D eigenvalue weighted by Gasteiger charge is -2.37. The van der Waals surface area contributed by atoms with Crippen molar-refractivity contribution in [1.82, 2.24) is 9.55 Å². The number of hydrogen-bond acceptors (Lipinski definition) is 6. The Hall–Kier alpha value is -2.25. The van der Waals surface area contributed by atoms with E-state index in [1.165, 1.54) is 37.4 Å². The Bertz CT molecular complexity index is 1330. The quantitative estimate of drug-likeness (QED) is 0.206. The molecule has 5 rings (SSSR count). The highest BCUT2D eigenvalue weighted by molar-refractivity contribution is 7.99. The summed E-state index contributed by atoms with van der Waals surface area (Å²) in [7, 11) is 0. The van der Waals surface area contributed by atoms with Gasteiger partial charge in [0.25, 0.3) is 0 Å². The van der Waals surface area contributed by atoms with Crippen LogP contribution in [0.4, 0.5) is 5.82 Å². The maximum atomic E-state index is 13.5. The van der Waals surface area contributed by atoms with Crippen LogP contribution in [-0.4, -0.2) is 41.5 Å². The highest BCUT2D eigenvalue weighted by Gasteiger charge is 2.31. The van der Waals surface area contributed by atoms with Gasteiger partial charge >= 0.3 is 5.97 Å². The molecule has 0 atom stereocenters. The number of rotatable bonds is 9. The predicted octanol–water partition coefficient (Wildman–Crippen LogP) is 5.75. The van der Waals surface area contributed by atoms with Gasteiger partial charge in [-0.1, -0.05) is 18.5 Å². The Morgan fingerprint density at radius 2 is 1.89 bits per heavy atom. The van der Waals surface area contributed by atoms with Crippen LogP contribution in [0.25, 0.3) is 21.9 Å². The molecule has 0 aliphatic heterocycles. The number of carbonyl (C=O) groups is 1. The molecule has 186 valence electrons. The molecule has 35 heavy (non-hydrogen) atoms. The molecule has 0 spiro atoms. The van der Waals surface area contributed by atoms with Crippen molar-refractivity contribution in [2.75, 3.05) is 30.9 Å². The third-order valence-corrected chi connectivity index (χ3v) is 8.45. The van der Waals surface area contributed by atoms with E-state index in [9.17, 15) is 9.59 Å². The largest absolute Gasteiger partial charge is 0.465 e. The number of fused-ring (bicyclic) bond motifs is 2. The van der Waals surface area contributed by atoms with E-state index in [0.29, 0.717) is 45.4 Å². The number of aromatic nitrogens is 2. The normalized spacial score (nSPS) is 19.7. The van der Waals surface area contributed by atoms with E-state index in [2.05, 4.69) is 11.8 Å². The fraction of sp³-hybridized carbons (Fsp3) is 0.519. The molecule has 2 aromatic heterocycles. The van der Waals surface area contributed by atoms with Crippen LogP contribution in [0.3, 0.4) is 0 Å². The van der Waals surface area contributed by atoms with Gasteiger partial charge in [-0.2, -0.15) is 0 Å². The summed E-state index contributed by atoms with van der Waals surface area (Å²) in [6, 6.07) is 7.33. The Morgan fingerprint density at radius 1 is 1.17 bits per heavy atom. The van der Waals surface area contributed by atoms with Crippen LogP contribution in [0, 0.1) is 17.8 Å². The minimum absolute atomic E-state index is 0.0335. The van der Waals surface area contributed by atoms with Crippen molar-refractivity contribution in [3.05, 3.63) is 39.5 Å². The topological polar surface area (TPSA) is 64.4 Å². The molecule has 0 N–H and O–H groups in total. The zero-order chi connectivity index (χ0) is 24.7. The maximum absolute atomic E-state index is 13.5. The number of benzene rings is 1. The van der Waals surface area contributed by atoms with Gasteiger partial charge < -0.3 is 14.2 Å². The number of carbonyl (C=O) groups excluding carboxylic acids is 1. The SMILES string of the molecule is CCOC(=O)Cn1c2nc(N(CC3CC3)CC3CC(C)C3)ccc2c(=O)c2ccc(Cl)c(SC)c21. The van der Waals surface area contributed by atoms with Gasteiger partial charge in [0.15, 0.2) is 5.43 Å². The maximum Gasteiger partial charge on any atom is 0.326 e. The number of esters is 1. The Balaban J connectivity index is 1.69. The zero-order valence-electron chi connectivity index (χ0n) is 20.6. The van der Waals surface area contributed by atoms with Crippen molar-refractivity contribution in [3.63, 3.8) is 0 Å². The number of ether oxygens (including phenoxy) is 1. The van der Waals surface area contributed by atoms with E-state index >= 15 is 0 Å². The summed E-state index contributed by atoms with van der Waals surface area (Å²) in [5.74, 6) is 2.69. The van der Waals surface area contributed by atoms with Crippen LogP contribution in [0.1, 0.15) is 39.5 Å². The van der Waals surface area contributed by atoms with E-state index in [-0.39, 0.29) is 17.9 Å². The molecule has 2 aliphatic rings. The molecular formula is C27H32ClN3O3S. The highest BCUT2D eigenvalue weighted by Crippen LogP contribution is 2.38. The first-order chi connectivity index (χ1) is 16.9. The van der Waals surface area contributed by atoms with Gasteiger partial charge in [0.05, 0.1) is 27.4 Å². The van der Waals surface area contributed by atoms with Gasteiger partial charge in [-0.15, -0.1) is 11.8 Å². The Morgan fingerprint density at radius 3 is 2.54 bits per heavy atom. The molecule has 6 nitrogen and oxygen atoms in total. The summed E-state index contributed by atoms with van der Waals surface area (Å²) in [5, 5.41) is 1.58. The number of thioether (sulfide) groups is 1. The molecule has 3 aromatic rings. The average Bonchev–Trinajstić information content (AvgIpc) is 3.64. The van der Waals surface area contributed by atoms with Crippen LogP contribution < -0.4 is 10.3 Å². The van der Waals surface area contributed by atoms with Gasteiger partial charge in [-0.05, 0) is 80.9 Å². The smallest absolute Gasteiger partial charge is 0.326 e. The summed E-state index contributed by atoms with van der Waals surface area (Å²) >= 11 is 7.99. The van der Waals surface area contributed by atoms with E-state index in [0.717, 1.165) is 29.7 Å². The summed E-state index contributed by atoms with van der Waals surface area (Å²) in [5.41, 5.74) is 1.05. The third kappa shape index (κ3) is 4.90. The van der Waals surface area contributed by atoms with Crippen molar-refractivity contribution in [2.24, 2.45) is 17.8 Å². The molecule has 0 saturated heterocycles. The van der Waals surface area contributed by atoms with Gasteiger partial charge in [0, 0.05) is 18.5 Å². The second-order valence-electron chi connectivity index (χ2n) is 10.0. The summed E-state index contributed by atoms with van der Waals surface area (Å²) < 4.78 is 7.11. The molecule has 2 fully saturated rings. The summed E-state index contributed by atoms with van der Waals surface area (Å²) in [6.45, 7) is 6.33. The Kier molecular flexibility index (Phi) is 6.99. The number of anilines is 1.